The van der Waals surface area contributed by atoms with Crippen molar-refractivity contribution in [2.75, 3.05) is 20.2 Å². The molecule has 2 atom stereocenters. The Bertz CT molecular complexity index is 628. The summed E-state index contributed by atoms with van der Waals surface area (Å²) in [5.41, 5.74) is 0.886. The molecule has 6 heteroatoms. The number of esters is 1. The molecule has 0 spiro atoms. The van der Waals surface area contributed by atoms with Crippen molar-refractivity contribution in [3.05, 3.63) is 35.9 Å². The van der Waals surface area contributed by atoms with Crippen molar-refractivity contribution >= 4 is 17.8 Å². The van der Waals surface area contributed by atoms with E-state index in [2.05, 4.69) is 5.32 Å². The molecule has 0 aromatic heterocycles. The lowest BCUT2D eigenvalue weighted by Gasteiger charge is -2.22. The number of carbonyl (C=O) groups is 3. The summed E-state index contributed by atoms with van der Waals surface area (Å²) in [7, 11) is 1.53. The monoisotopic (exact) mass is 360 g/mol. The van der Waals surface area contributed by atoms with Gasteiger partial charge in [-0.1, -0.05) is 50.6 Å². The third kappa shape index (κ3) is 5.86. The van der Waals surface area contributed by atoms with Crippen LogP contribution in [0.4, 0.5) is 0 Å². The number of nitrogens with zero attached hydrogens (tertiary/aromatic N) is 1. The highest BCUT2D eigenvalue weighted by atomic mass is 16.5. The maximum absolute atomic E-state index is 12.6. The number of amides is 2. The van der Waals surface area contributed by atoms with Crippen LogP contribution in [0.25, 0.3) is 0 Å². The number of hydrogen-bond acceptors (Lipinski definition) is 4. The van der Waals surface area contributed by atoms with E-state index in [1.165, 1.54) is 11.9 Å². The van der Waals surface area contributed by atoms with Crippen LogP contribution in [-0.2, 0) is 19.1 Å². The van der Waals surface area contributed by atoms with Gasteiger partial charge in [0.25, 0.3) is 5.91 Å². The topological polar surface area (TPSA) is 75.7 Å². The van der Waals surface area contributed by atoms with E-state index in [-0.39, 0.29) is 36.9 Å². The lowest BCUT2D eigenvalue weighted by atomic mass is 9.86. The summed E-state index contributed by atoms with van der Waals surface area (Å²) in [4.78, 5) is 37.8. The average Bonchev–Trinajstić information content (AvgIpc) is 3.44. The number of hydrogen-bond donors (Lipinski definition) is 1. The molecule has 26 heavy (non-hydrogen) atoms. The first kappa shape index (κ1) is 19.9. The molecule has 2 rings (SSSR count). The molecule has 2 amide bonds. The Morgan fingerprint density at radius 3 is 2.46 bits per heavy atom. The van der Waals surface area contributed by atoms with E-state index < -0.39 is 11.9 Å². The Hall–Kier alpha value is -2.37. The van der Waals surface area contributed by atoms with Crippen molar-refractivity contribution in [1.82, 2.24) is 10.2 Å². The number of likely N-dealkylation sites (N-methyl/N-ethyl adjacent to an activating group) is 1. The predicted octanol–water partition coefficient (Wildman–Crippen LogP) is 2.10. The lowest BCUT2D eigenvalue weighted by Crippen LogP contribution is -2.41. The van der Waals surface area contributed by atoms with Crippen molar-refractivity contribution < 1.29 is 19.1 Å². The molecular formula is C20H28N2O4. The van der Waals surface area contributed by atoms with E-state index in [0.717, 1.165) is 24.8 Å². The Morgan fingerprint density at radius 2 is 1.88 bits per heavy atom. The van der Waals surface area contributed by atoms with Crippen molar-refractivity contribution in [2.24, 2.45) is 5.92 Å². The Kier molecular flexibility index (Phi) is 7.18. The zero-order chi connectivity index (χ0) is 19.1. The van der Waals surface area contributed by atoms with Crippen LogP contribution in [0.15, 0.2) is 30.3 Å². The van der Waals surface area contributed by atoms with Gasteiger partial charge < -0.3 is 15.0 Å². The first-order valence-electron chi connectivity index (χ1n) is 9.17. The summed E-state index contributed by atoms with van der Waals surface area (Å²) >= 11 is 0. The Balaban J connectivity index is 1.87. The molecule has 1 aromatic rings. The number of nitrogens with one attached hydrogen (secondary N) is 1. The molecule has 1 aromatic carbocycles. The van der Waals surface area contributed by atoms with Crippen LogP contribution in [0.3, 0.4) is 0 Å². The van der Waals surface area contributed by atoms with Crippen LogP contribution >= 0.6 is 0 Å². The third-order valence-corrected chi connectivity index (χ3v) is 4.71. The second-order valence-electron chi connectivity index (χ2n) is 6.97. The van der Waals surface area contributed by atoms with Crippen molar-refractivity contribution in [1.29, 1.82) is 0 Å². The smallest absolute Gasteiger partial charge is 0.314 e. The van der Waals surface area contributed by atoms with Crippen LogP contribution in [0.2, 0.25) is 0 Å². The first-order valence-corrected chi connectivity index (χ1v) is 9.17. The molecule has 1 fully saturated rings. The number of rotatable bonds is 9. The summed E-state index contributed by atoms with van der Waals surface area (Å²) in [6.45, 7) is 3.63. The second kappa shape index (κ2) is 9.36. The van der Waals surface area contributed by atoms with Gasteiger partial charge in [0.05, 0.1) is 12.5 Å². The zero-order valence-electron chi connectivity index (χ0n) is 15.7. The normalized spacial score (nSPS) is 15.7. The molecule has 1 saturated carbocycles. The van der Waals surface area contributed by atoms with Gasteiger partial charge >= 0.3 is 5.97 Å². The molecule has 1 aliphatic rings. The van der Waals surface area contributed by atoms with Crippen LogP contribution in [-0.4, -0.2) is 48.9 Å². The molecule has 6 nitrogen and oxygen atoms in total. The lowest BCUT2D eigenvalue weighted by molar-refractivity contribution is -0.154. The van der Waals surface area contributed by atoms with Crippen molar-refractivity contribution in [2.45, 2.75) is 45.1 Å². The molecule has 1 aliphatic carbocycles. The fourth-order valence-corrected chi connectivity index (χ4v) is 2.73. The summed E-state index contributed by atoms with van der Waals surface area (Å²) in [5, 5.41) is 2.83. The average molecular weight is 360 g/mol. The van der Waals surface area contributed by atoms with Gasteiger partial charge in [-0.15, -0.1) is 0 Å². The minimum atomic E-state index is -0.408. The maximum Gasteiger partial charge on any atom is 0.314 e. The summed E-state index contributed by atoms with van der Waals surface area (Å²) in [6.07, 6.45) is 2.82. The van der Waals surface area contributed by atoms with Crippen LogP contribution in [0, 0.1) is 5.92 Å². The maximum atomic E-state index is 12.6. The largest absolute Gasteiger partial charge is 0.455 e. The van der Waals surface area contributed by atoms with E-state index in [9.17, 15) is 14.4 Å². The minimum Gasteiger partial charge on any atom is -0.455 e. The number of carbonyl (C=O) groups excluding carboxylic acids is 3. The quantitative estimate of drug-likeness (QED) is 0.684. The second-order valence-corrected chi connectivity index (χ2v) is 6.97. The number of benzene rings is 1. The van der Waals surface area contributed by atoms with E-state index in [1.54, 1.807) is 0 Å². The predicted molar refractivity (Wildman–Crippen MR) is 98.4 cm³/mol. The van der Waals surface area contributed by atoms with Crippen molar-refractivity contribution in [3.63, 3.8) is 0 Å². The molecule has 0 saturated heterocycles. The van der Waals surface area contributed by atoms with E-state index in [0.29, 0.717) is 0 Å². The zero-order valence-corrected chi connectivity index (χ0v) is 15.7. The highest BCUT2D eigenvalue weighted by molar-refractivity contribution is 5.87. The molecule has 0 aliphatic heterocycles. The third-order valence-electron chi connectivity index (χ3n) is 4.71. The summed E-state index contributed by atoms with van der Waals surface area (Å²) in [6, 6.07) is 9.71. The molecular weight excluding hydrogens is 332 g/mol. The van der Waals surface area contributed by atoms with E-state index in [1.807, 2.05) is 44.2 Å². The van der Waals surface area contributed by atoms with Gasteiger partial charge in [0.2, 0.25) is 5.91 Å². The van der Waals surface area contributed by atoms with E-state index >= 15 is 0 Å². The van der Waals surface area contributed by atoms with Gasteiger partial charge in [0, 0.05) is 13.1 Å². The Morgan fingerprint density at radius 1 is 1.23 bits per heavy atom. The van der Waals surface area contributed by atoms with Crippen LogP contribution in [0.5, 0.6) is 0 Å². The minimum absolute atomic E-state index is 0.0274. The first-order chi connectivity index (χ1) is 12.4. The fraction of sp³-hybridized carbons (Fsp3) is 0.550. The van der Waals surface area contributed by atoms with Gasteiger partial charge in [0.1, 0.15) is 0 Å². The van der Waals surface area contributed by atoms with Gasteiger partial charge in [-0.25, -0.2) is 0 Å². The van der Waals surface area contributed by atoms with Gasteiger partial charge in [-0.05, 0) is 24.3 Å². The SMILES string of the molecule is CC[C@H](C)[C@@H](C(=O)OCC(=O)N(C)CC(=O)NC1CC1)c1ccccc1. The molecule has 142 valence electrons. The Labute approximate surface area is 154 Å². The van der Waals surface area contributed by atoms with Crippen LogP contribution in [0.1, 0.15) is 44.6 Å². The molecule has 0 heterocycles. The summed E-state index contributed by atoms with van der Waals surface area (Å²) in [5.74, 6) is -1.29. The highest BCUT2D eigenvalue weighted by Gasteiger charge is 2.28. The fourth-order valence-electron chi connectivity index (χ4n) is 2.73. The molecule has 1 N–H and O–H groups in total. The molecule has 0 radical (unpaired) electrons. The highest BCUT2D eigenvalue weighted by Crippen LogP contribution is 2.28. The molecule has 0 bridgehead atoms. The van der Waals surface area contributed by atoms with Gasteiger partial charge in [-0.3, -0.25) is 14.4 Å². The number of ether oxygens (including phenoxy) is 1. The van der Waals surface area contributed by atoms with Gasteiger partial charge in [-0.2, -0.15) is 0 Å². The van der Waals surface area contributed by atoms with Crippen molar-refractivity contribution in [3.8, 4) is 0 Å². The van der Waals surface area contributed by atoms with Crippen LogP contribution < -0.4 is 5.32 Å². The molecule has 0 unspecified atom stereocenters. The summed E-state index contributed by atoms with van der Waals surface area (Å²) < 4.78 is 5.28. The van der Waals surface area contributed by atoms with Gasteiger partial charge in [0.15, 0.2) is 6.61 Å². The van der Waals surface area contributed by atoms with E-state index in [4.69, 9.17) is 4.74 Å². The standard InChI is InChI=1S/C20H28N2O4/c1-4-14(2)19(15-8-6-5-7-9-15)20(25)26-13-18(24)22(3)12-17(23)21-16-10-11-16/h5-9,14,16,19H,4,10-13H2,1-3H3,(H,21,23)/t14-,19+/m0/s1.